The monoisotopic (exact) mass is 486 g/mol. The third-order valence-corrected chi connectivity index (χ3v) is 5.84. The van der Waals surface area contributed by atoms with Crippen LogP contribution >= 0.6 is 0 Å². The second-order valence-corrected chi connectivity index (χ2v) is 9.33. The summed E-state index contributed by atoms with van der Waals surface area (Å²) < 4.78 is 5.37. The summed E-state index contributed by atoms with van der Waals surface area (Å²) in [6.45, 7) is 10.0. The smallest absolute Gasteiger partial charge is 0.170 e. The molecule has 0 aliphatic carbocycles. The van der Waals surface area contributed by atoms with E-state index in [-0.39, 0.29) is 64.3 Å². The fourth-order valence-electron chi connectivity index (χ4n) is 4.07. The third-order valence-electron chi connectivity index (χ3n) is 5.84. The second kappa shape index (κ2) is 10.7. The molecule has 8 nitrogen and oxygen atoms in total. The normalized spacial score (nSPS) is 11.0. The molecule has 190 valence electrons. The molecular formula is C27H34O8. The van der Waals surface area contributed by atoms with Gasteiger partial charge in [-0.2, -0.15) is 0 Å². The number of ether oxygens (including phenoxy) is 1. The number of allylic oxidation sites excluding steroid dienone is 2. The maximum atomic E-state index is 13.0. The lowest BCUT2D eigenvalue weighted by Crippen LogP contribution is -2.09. The standard InChI is InChI=1S/C27H34O8/c1-12(2)8-9-16-23(31)17(25(33)21(24(16)32)19(29)10-13(3)4)11-18-26(34)20(15(6)28)22(30)14(5)27(18)35-7/h8,13,30-34H,9-11H2,1-7H3. The number of hydrogen-bond donors (Lipinski definition) is 5. The first-order valence-corrected chi connectivity index (χ1v) is 11.3. The molecule has 2 aromatic carbocycles. The van der Waals surface area contributed by atoms with Crippen LogP contribution in [0.4, 0.5) is 0 Å². The number of carbonyl (C=O) groups is 2. The Balaban J connectivity index is 2.91. The number of hydrogen-bond acceptors (Lipinski definition) is 8. The second-order valence-electron chi connectivity index (χ2n) is 9.33. The van der Waals surface area contributed by atoms with Crippen molar-refractivity contribution in [1.29, 1.82) is 0 Å². The summed E-state index contributed by atoms with van der Waals surface area (Å²) in [6, 6.07) is 0. The summed E-state index contributed by atoms with van der Waals surface area (Å²) in [5, 5.41) is 54.3. The zero-order valence-corrected chi connectivity index (χ0v) is 21.2. The summed E-state index contributed by atoms with van der Waals surface area (Å²) in [4.78, 5) is 25.1. The van der Waals surface area contributed by atoms with Gasteiger partial charge in [-0.15, -0.1) is 0 Å². The maximum Gasteiger partial charge on any atom is 0.170 e. The number of methoxy groups -OCH3 is 1. The quantitative estimate of drug-likeness (QED) is 0.244. The van der Waals surface area contributed by atoms with Crippen LogP contribution in [0.3, 0.4) is 0 Å². The zero-order chi connectivity index (χ0) is 26.8. The summed E-state index contributed by atoms with van der Waals surface area (Å²) in [7, 11) is 1.31. The Kier molecular flexibility index (Phi) is 8.44. The van der Waals surface area contributed by atoms with E-state index in [4.69, 9.17) is 4.74 Å². The van der Waals surface area contributed by atoms with Crippen molar-refractivity contribution in [3.63, 3.8) is 0 Å². The van der Waals surface area contributed by atoms with E-state index in [1.165, 1.54) is 21.0 Å². The minimum atomic E-state index is -0.622. The molecule has 0 heterocycles. The van der Waals surface area contributed by atoms with E-state index in [1.54, 1.807) is 6.08 Å². The lowest BCUT2D eigenvalue weighted by Gasteiger charge is -2.21. The van der Waals surface area contributed by atoms with Crippen molar-refractivity contribution in [2.75, 3.05) is 7.11 Å². The molecule has 2 aromatic rings. The average molecular weight is 487 g/mol. The van der Waals surface area contributed by atoms with Gasteiger partial charge in [-0.1, -0.05) is 25.5 Å². The van der Waals surface area contributed by atoms with Crippen molar-refractivity contribution in [3.05, 3.63) is 45.0 Å². The predicted octanol–water partition coefficient (Wildman–Crippen LogP) is 5.06. The molecule has 0 aromatic heterocycles. The number of carbonyl (C=O) groups excluding carboxylic acids is 2. The van der Waals surface area contributed by atoms with Crippen molar-refractivity contribution in [3.8, 4) is 34.5 Å². The zero-order valence-electron chi connectivity index (χ0n) is 21.2. The summed E-state index contributed by atoms with van der Waals surface area (Å²) in [5.41, 5.74) is 0.408. The van der Waals surface area contributed by atoms with Crippen molar-refractivity contribution < 1.29 is 39.9 Å². The van der Waals surface area contributed by atoms with E-state index >= 15 is 0 Å². The van der Waals surface area contributed by atoms with Crippen LogP contribution in [-0.4, -0.2) is 44.2 Å². The van der Waals surface area contributed by atoms with Crippen molar-refractivity contribution in [1.82, 2.24) is 0 Å². The fourth-order valence-corrected chi connectivity index (χ4v) is 4.07. The minimum Gasteiger partial charge on any atom is -0.507 e. The van der Waals surface area contributed by atoms with Crippen LogP contribution in [0, 0.1) is 12.8 Å². The van der Waals surface area contributed by atoms with Gasteiger partial charge in [0.15, 0.2) is 11.6 Å². The first-order chi connectivity index (χ1) is 16.2. The Labute approximate surface area is 205 Å². The number of ketones is 2. The van der Waals surface area contributed by atoms with Crippen LogP contribution in [0.15, 0.2) is 11.6 Å². The summed E-state index contributed by atoms with van der Waals surface area (Å²) in [6.07, 6.45) is 1.54. The number of rotatable bonds is 9. The Morgan fingerprint density at radius 1 is 0.829 bits per heavy atom. The maximum absolute atomic E-state index is 13.0. The van der Waals surface area contributed by atoms with Crippen LogP contribution in [0.5, 0.6) is 34.5 Å². The van der Waals surface area contributed by atoms with Gasteiger partial charge >= 0.3 is 0 Å². The molecule has 0 saturated carbocycles. The van der Waals surface area contributed by atoms with Gasteiger partial charge in [0.25, 0.3) is 0 Å². The largest absolute Gasteiger partial charge is 0.507 e. The number of benzene rings is 2. The van der Waals surface area contributed by atoms with E-state index in [1.807, 2.05) is 27.7 Å². The molecule has 0 unspecified atom stereocenters. The van der Waals surface area contributed by atoms with E-state index in [9.17, 15) is 35.1 Å². The highest BCUT2D eigenvalue weighted by molar-refractivity contribution is 6.03. The molecule has 0 bridgehead atoms. The Morgan fingerprint density at radius 2 is 1.37 bits per heavy atom. The van der Waals surface area contributed by atoms with Gasteiger partial charge in [0.1, 0.15) is 45.6 Å². The van der Waals surface area contributed by atoms with E-state index in [0.717, 1.165) is 5.57 Å². The Bertz CT molecular complexity index is 1200. The molecule has 0 aliphatic heterocycles. The molecule has 35 heavy (non-hydrogen) atoms. The van der Waals surface area contributed by atoms with Gasteiger partial charge in [0, 0.05) is 35.1 Å². The number of aromatic hydroxyl groups is 5. The van der Waals surface area contributed by atoms with Gasteiger partial charge in [-0.05, 0) is 40.0 Å². The van der Waals surface area contributed by atoms with Crippen molar-refractivity contribution in [2.24, 2.45) is 5.92 Å². The van der Waals surface area contributed by atoms with Gasteiger partial charge in [0.2, 0.25) is 0 Å². The summed E-state index contributed by atoms with van der Waals surface area (Å²) >= 11 is 0. The first kappa shape index (κ1) is 27.6. The molecular weight excluding hydrogens is 452 g/mol. The highest BCUT2D eigenvalue weighted by Crippen LogP contribution is 2.48. The van der Waals surface area contributed by atoms with Crippen LogP contribution < -0.4 is 4.74 Å². The van der Waals surface area contributed by atoms with Crippen LogP contribution in [0.1, 0.15) is 84.0 Å². The molecule has 0 saturated heterocycles. The minimum absolute atomic E-state index is 0.0275. The number of Topliss-reactive ketones (excluding diaryl/α,β-unsaturated/α-hetero) is 2. The molecule has 5 N–H and O–H groups in total. The molecule has 8 heteroatoms. The first-order valence-electron chi connectivity index (χ1n) is 11.3. The van der Waals surface area contributed by atoms with Gasteiger partial charge in [-0.25, -0.2) is 0 Å². The fraction of sp³-hybridized carbons (Fsp3) is 0.407. The topological polar surface area (TPSA) is 145 Å². The lowest BCUT2D eigenvalue weighted by atomic mass is 9.88. The molecule has 0 amide bonds. The highest BCUT2D eigenvalue weighted by Gasteiger charge is 2.31. The molecule has 0 spiro atoms. The van der Waals surface area contributed by atoms with Crippen LogP contribution in [0.2, 0.25) is 0 Å². The van der Waals surface area contributed by atoms with E-state index in [0.29, 0.717) is 0 Å². The summed E-state index contributed by atoms with van der Waals surface area (Å²) in [5.74, 6) is -3.68. The van der Waals surface area contributed by atoms with Crippen molar-refractivity contribution in [2.45, 2.75) is 60.8 Å². The van der Waals surface area contributed by atoms with Gasteiger partial charge in [-0.3, -0.25) is 9.59 Å². The number of phenolic OH excluding ortho intramolecular Hbond substituents is 5. The van der Waals surface area contributed by atoms with Gasteiger partial charge < -0.3 is 30.3 Å². The number of phenols is 5. The highest BCUT2D eigenvalue weighted by atomic mass is 16.5. The van der Waals surface area contributed by atoms with E-state index < -0.39 is 40.3 Å². The third kappa shape index (κ3) is 5.37. The Morgan fingerprint density at radius 3 is 1.86 bits per heavy atom. The lowest BCUT2D eigenvalue weighted by molar-refractivity contribution is 0.0960. The van der Waals surface area contributed by atoms with E-state index in [2.05, 4.69) is 0 Å². The average Bonchev–Trinajstić information content (AvgIpc) is 2.73. The predicted molar refractivity (Wildman–Crippen MR) is 132 cm³/mol. The molecule has 2 rings (SSSR count). The Hall–Kier alpha value is -3.68. The molecule has 0 fully saturated rings. The molecule has 0 atom stereocenters. The van der Waals surface area contributed by atoms with Gasteiger partial charge in [0.05, 0.1) is 7.11 Å². The SMILES string of the molecule is COc1c(C)c(O)c(C(C)=O)c(O)c1Cc1c(O)c(CC=C(C)C)c(O)c(C(=O)CC(C)C)c1O. The van der Waals surface area contributed by atoms with Crippen LogP contribution in [-0.2, 0) is 12.8 Å². The molecule has 0 radical (unpaired) electrons. The van der Waals surface area contributed by atoms with Crippen LogP contribution in [0.25, 0.3) is 0 Å². The molecule has 0 aliphatic rings. The van der Waals surface area contributed by atoms with Crippen molar-refractivity contribution >= 4 is 11.6 Å².